The Morgan fingerprint density at radius 3 is 2.17 bits per heavy atom. The van der Waals surface area contributed by atoms with Gasteiger partial charge in [-0.2, -0.15) is 0 Å². The Morgan fingerprint density at radius 1 is 1.42 bits per heavy atom. The number of carbonyl (C=O) groups excluding carboxylic acids is 1. The molecule has 0 aromatic heterocycles. The summed E-state index contributed by atoms with van der Waals surface area (Å²) >= 11 is 0. The van der Waals surface area contributed by atoms with Crippen LogP contribution in [0.25, 0.3) is 0 Å². The van der Waals surface area contributed by atoms with Crippen molar-refractivity contribution in [1.82, 2.24) is 4.90 Å². The summed E-state index contributed by atoms with van der Waals surface area (Å²) in [5.74, 6) is 0.113. The molecule has 1 atom stereocenters. The van der Waals surface area contributed by atoms with Gasteiger partial charge in [0, 0.05) is 25.0 Å². The minimum absolute atomic E-state index is 0.0488. The van der Waals surface area contributed by atoms with E-state index in [1.54, 1.807) is 0 Å². The quantitative estimate of drug-likeness (QED) is 0.683. The van der Waals surface area contributed by atoms with Crippen LogP contribution in [0.4, 0.5) is 0 Å². The van der Waals surface area contributed by atoms with Gasteiger partial charge in [0.15, 0.2) is 0 Å². The number of amides is 1. The van der Waals surface area contributed by atoms with Crippen molar-refractivity contribution in [2.45, 2.75) is 33.7 Å². The fourth-order valence-corrected chi connectivity index (χ4v) is 1.16. The van der Waals surface area contributed by atoms with Crippen LogP contribution in [-0.4, -0.2) is 29.9 Å². The molecule has 1 amide bonds. The van der Waals surface area contributed by atoms with Crippen LogP contribution in [0.1, 0.15) is 27.7 Å². The molecule has 0 aliphatic carbocycles. The van der Waals surface area contributed by atoms with Gasteiger partial charge in [0.25, 0.3) is 0 Å². The highest BCUT2D eigenvalue weighted by Gasteiger charge is 2.19. The molecule has 0 aliphatic rings. The summed E-state index contributed by atoms with van der Waals surface area (Å²) in [6, 6.07) is 0.275. The maximum Gasteiger partial charge on any atom is 0.226 e. The summed E-state index contributed by atoms with van der Waals surface area (Å²) in [6.07, 6.45) is 0. The first-order valence-electron chi connectivity index (χ1n) is 4.55. The highest BCUT2D eigenvalue weighted by atomic mass is 16.2. The lowest BCUT2D eigenvalue weighted by Gasteiger charge is -2.27. The van der Waals surface area contributed by atoms with Crippen LogP contribution in [0, 0.1) is 5.92 Å². The van der Waals surface area contributed by atoms with E-state index in [1.165, 1.54) is 0 Å². The minimum atomic E-state index is -0.0488. The lowest BCUT2D eigenvalue weighted by atomic mass is 10.1. The predicted octanol–water partition coefficient (Wildman–Crippen LogP) is 0.838. The van der Waals surface area contributed by atoms with E-state index in [1.807, 2.05) is 32.6 Å². The second-order valence-corrected chi connectivity index (χ2v) is 3.35. The lowest BCUT2D eigenvalue weighted by molar-refractivity contribution is -0.136. The van der Waals surface area contributed by atoms with Crippen molar-refractivity contribution in [1.29, 1.82) is 0 Å². The normalized spacial score (nSPS) is 13.2. The molecule has 0 spiro atoms. The van der Waals surface area contributed by atoms with Gasteiger partial charge in [0.2, 0.25) is 5.91 Å². The van der Waals surface area contributed by atoms with E-state index in [0.29, 0.717) is 6.54 Å². The van der Waals surface area contributed by atoms with E-state index in [4.69, 9.17) is 5.73 Å². The molecule has 0 rings (SSSR count). The standard InChI is InChI=1S/C9H20N2O/c1-5-11(7(2)3)9(12)8(4)6-10/h7-8H,5-6,10H2,1-4H3. The molecule has 0 bridgehead atoms. The van der Waals surface area contributed by atoms with Crippen molar-refractivity contribution in [3.05, 3.63) is 0 Å². The first kappa shape index (κ1) is 11.4. The second-order valence-electron chi connectivity index (χ2n) is 3.35. The van der Waals surface area contributed by atoms with Gasteiger partial charge in [-0.25, -0.2) is 0 Å². The number of nitrogens with zero attached hydrogens (tertiary/aromatic N) is 1. The summed E-state index contributed by atoms with van der Waals surface area (Å²) in [5, 5.41) is 0. The van der Waals surface area contributed by atoms with Crippen molar-refractivity contribution < 1.29 is 4.79 Å². The largest absolute Gasteiger partial charge is 0.340 e. The number of hydrogen-bond acceptors (Lipinski definition) is 2. The molecular formula is C9H20N2O. The molecule has 0 heterocycles. The molecule has 12 heavy (non-hydrogen) atoms. The van der Waals surface area contributed by atoms with Gasteiger partial charge >= 0.3 is 0 Å². The number of hydrogen-bond donors (Lipinski definition) is 1. The Kier molecular flexibility index (Phi) is 4.90. The van der Waals surface area contributed by atoms with E-state index in [-0.39, 0.29) is 17.9 Å². The maximum absolute atomic E-state index is 11.6. The van der Waals surface area contributed by atoms with E-state index >= 15 is 0 Å². The van der Waals surface area contributed by atoms with Crippen molar-refractivity contribution in [3.8, 4) is 0 Å². The van der Waals surface area contributed by atoms with Crippen molar-refractivity contribution in [2.24, 2.45) is 11.7 Å². The zero-order valence-corrected chi connectivity index (χ0v) is 8.50. The minimum Gasteiger partial charge on any atom is -0.340 e. The second kappa shape index (κ2) is 5.14. The van der Waals surface area contributed by atoms with Gasteiger partial charge < -0.3 is 10.6 Å². The van der Waals surface area contributed by atoms with Crippen molar-refractivity contribution in [2.75, 3.05) is 13.1 Å². The molecule has 0 aliphatic heterocycles. The Hall–Kier alpha value is -0.570. The van der Waals surface area contributed by atoms with Crippen LogP contribution < -0.4 is 5.73 Å². The van der Waals surface area contributed by atoms with Gasteiger partial charge in [-0.3, -0.25) is 4.79 Å². The van der Waals surface area contributed by atoms with E-state index < -0.39 is 0 Å². The third-order valence-corrected chi connectivity index (χ3v) is 2.02. The molecule has 0 aromatic rings. The Balaban J connectivity index is 4.21. The number of nitrogens with two attached hydrogens (primary N) is 1. The predicted molar refractivity (Wildman–Crippen MR) is 50.7 cm³/mol. The molecule has 3 nitrogen and oxygen atoms in total. The molecule has 3 heteroatoms. The van der Waals surface area contributed by atoms with Gasteiger partial charge in [-0.15, -0.1) is 0 Å². The molecular weight excluding hydrogens is 152 g/mol. The van der Waals surface area contributed by atoms with Gasteiger partial charge in [-0.1, -0.05) is 6.92 Å². The van der Waals surface area contributed by atoms with Crippen LogP contribution in [0.5, 0.6) is 0 Å². The van der Waals surface area contributed by atoms with Crippen LogP contribution in [0.2, 0.25) is 0 Å². The van der Waals surface area contributed by atoms with Gasteiger partial charge in [0.1, 0.15) is 0 Å². The molecule has 0 saturated carbocycles. The highest BCUT2D eigenvalue weighted by molar-refractivity contribution is 5.78. The smallest absolute Gasteiger partial charge is 0.226 e. The molecule has 1 unspecified atom stereocenters. The average Bonchev–Trinajstić information content (AvgIpc) is 2.03. The van der Waals surface area contributed by atoms with Crippen molar-refractivity contribution in [3.63, 3.8) is 0 Å². The summed E-state index contributed by atoms with van der Waals surface area (Å²) in [5.41, 5.74) is 5.42. The van der Waals surface area contributed by atoms with Crippen LogP contribution in [0.3, 0.4) is 0 Å². The Bertz CT molecular complexity index is 145. The number of carbonyl (C=O) groups is 1. The highest BCUT2D eigenvalue weighted by Crippen LogP contribution is 2.04. The van der Waals surface area contributed by atoms with Crippen LogP contribution in [-0.2, 0) is 4.79 Å². The zero-order valence-electron chi connectivity index (χ0n) is 8.50. The SMILES string of the molecule is CCN(C(=O)C(C)CN)C(C)C. The van der Waals surface area contributed by atoms with Crippen LogP contribution >= 0.6 is 0 Å². The average molecular weight is 172 g/mol. The van der Waals surface area contributed by atoms with E-state index in [0.717, 1.165) is 6.54 Å². The van der Waals surface area contributed by atoms with Crippen LogP contribution in [0.15, 0.2) is 0 Å². The number of rotatable bonds is 4. The molecule has 0 fully saturated rings. The van der Waals surface area contributed by atoms with Crippen molar-refractivity contribution >= 4 is 5.91 Å². The first-order valence-corrected chi connectivity index (χ1v) is 4.55. The van der Waals surface area contributed by atoms with Gasteiger partial charge in [0.05, 0.1) is 0 Å². The summed E-state index contributed by atoms with van der Waals surface area (Å²) in [4.78, 5) is 13.4. The van der Waals surface area contributed by atoms with E-state index in [2.05, 4.69) is 0 Å². The third-order valence-electron chi connectivity index (χ3n) is 2.02. The Labute approximate surface area is 74.9 Å². The molecule has 0 radical (unpaired) electrons. The topological polar surface area (TPSA) is 46.3 Å². The summed E-state index contributed by atoms with van der Waals surface area (Å²) < 4.78 is 0. The van der Waals surface area contributed by atoms with E-state index in [9.17, 15) is 4.79 Å². The monoisotopic (exact) mass is 172 g/mol. The fraction of sp³-hybridized carbons (Fsp3) is 0.889. The first-order chi connectivity index (χ1) is 5.54. The molecule has 72 valence electrons. The Morgan fingerprint density at radius 2 is 1.92 bits per heavy atom. The molecule has 0 aromatic carbocycles. The lowest BCUT2D eigenvalue weighted by Crippen LogP contribution is -2.41. The summed E-state index contributed by atoms with van der Waals surface area (Å²) in [7, 11) is 0. The zero-order chi connectivity index (χ0) is 9.72. The third kappa shape index (κ3) is 2.81. The maximum atomic E-state index is 11.6. The molecule has 2 N–H and O–H groups in total. The van der Waals surface area contributed by atoms with Gasteiger partial charge in [-0.05, 0) is 20.8 Å². The molecule has 0 saturated heterocycles. The fourth-order valence-electron chi connectivity index (χ4n) is 1.16. The summed E-state index contributed by atoms with van der Waals surface area (Å²) in [6.45, 7) is 9.09.